The van der Waals surface area contributed by atoms with Crippen LogP contribution in [0.2, 0.25) is 5.02 Å². The van der Waals surface area contributed by atoms with Gasteiger partial charge >= 0.3 is 0 Å². The number of phenolic OH excluding ortho intramolecular Hbond substituents is 1. The van der Waals surface area contributed by atoms with Crippen LogP contribution in [0.25, 0.3) is 0 Å². The van der Waals surface area contributed by atoms with Crippen LogP contribution in [0.4, 0.5) is 5.69 Å². The number of aromatic nitrogens is 2. The van der Waals surface area contributed by atoms with Crippen LogP contribution in [0.1, 0.15) is 12.0 Å². The molecule has 1 aliphatic heterocycles. The van der Waals surface area contributed by atoms with Crippen LogP contribution in [0.3, 0.4) is 0 Å². The molecule has 0 spiro atoms. The van der Waals surface area contributed by atoms with E-state index in [0.29, 0.717) is 12.5 Å². The lowest BCUT2D eigenvalue weighted by Gasteiger charge is -2.18. The predicted molar refractivity (Wildman–Crippen MR) is 99.6 cm³/mol. The molecule has 0 unspecified atom stereocenters. The molecule has 0 saturated carbocycles. The van der Waals surface area contributed by atoms with Gasteiger partial charge in [0.1, 0.15) is 5.75 Å². The molecule has 7 nitrogen and oxygen atoms in total. The van der Waals surface area contributed by atoms with E-state index in [1.807, 2.05) is 0 Å². The molecule has 1 amide bonds. The van der Waals surface area contributed by atoms with Crippen LogP contribution < -0.4 is 15.8 Å². The van der Waals surface area contributed by atoms with E-state index in [0.717, 1.165) is 30.8 Å². The summed E-state index contributed by atoms with van der Waals surface area (Å²) in [6.07, 6.45) is 2.85. The average Bonchev–Trinajstić information content (AvgIpc) is 3.08. The molecule has 26 heavy (non-hydrogen) atoms. The van der Waals surface area contributed by atoms with E-state index in [-0.39, 0.29) is 28.7 Å². The lowest BCUT2D eigenvalue weighted by Crippen LogP contribution is -2.32. The SMILES string of the molecule is Cn1ncc(N2CC[C@@H](CNC(=O)Cc3ccc(O)c(Cl)c3)C2)cc1=O. The van der Waals surface area contributed by atoms with Gasteiger partial charge in [-0.2, -0.15) is 5.10 Å². The smallest absolute Gasteiger partial charge is 0.268 e. The number of nitrogens with one attached hydrogen (secondary N) is 1. The summed E-state index contributed by atoms with van der Waals surface area (Å²) in [6, 6.07) is 6.35. The second-order valence-electron chi connectivity index (χ2n) is 6.54. The van der Waals surface area contributed by atoms with Crippen LogP contribution in [0.5, 0.6) is 5.75 Å². The zero-order valence-corrected chi connectivity index (χ0v) is 15.2. The number of hydrogen-bond acceptors (Lipinski definition) is 5. The molecule has 0 bridgehead atoms. The van der Waals surface area contributed by atoms with Crippen molar-refractivity contribution in [2.75, 3.05) is 24.5 Å². The Morgan fingerprint density at radius 3 is 2.96 bits per heavy atom. The van der Waals surface area contributed by atoms with Gasteiger partial charge in [0.05, 0.1) is 23.3 Å². The molecular formula is C18H21ClN4O3. The third-order valence-corrected chi connectivity index (χ3v) is 4.87. The maximum Gasteiger partial charge on any atom is 0.268 e. The Bertz CT molecular complexity index is 868. The number of benzene rings is 1. The second kappa shape index (κ2) is 7.78. The lowest BCUT2D eigenvalue weighted by molar-refractivity contribution is -0.120. The number of hydrogen-bond donors (Lipinski definition) is 2. The van der Waals surface area contributed by atoms with Crippen molar-refractivity contribution in [2.45, 2.75) is 12.8 Å². The quantitative estimate of drug-likeness (QED) is 0.821. The van der Waals surface area contributed by atoms with Crippen LogP contribution in [0, 0.1) is 5.92 Å². The van der Waals surface area contributed by atoms with Gasteiger partial charge < -0.3 is 15.3 Å². The molecule has 0 radical (unpaired) electrons. The first-order valence-electron chi connectivity index (χ1n) is 8.45. The van der Waals surface area contributed by atoms with Crippen molar-refractivity contribution in [1.29, 1.82) is 0 Å². The second-order valence-corrected chi connectivity index (χ2v) is 6.95. The summed E-state index contributed by atoms with van der Waals surface area (Å²) < 4.78 is 1.30. The summed E-state index contributed by atoms with van der Waals surface area (Å²) in [6.45, 7) is 2.20. The van der Waals surface area contributed by atoms with Crippen molar-refractivity contribution in [2.24, 2.45) is 13.0 Å². The number of carbonyl (C=O) groups is 1. The zero-order valence-electron chi connectivity index (χ0n) is 14.5. The molecule has 8 heteroatoms. The monoisotopic (exact) mass is 376 g/mol. The molecule has 1 fully saturated rings. The van der Waals surface area contributed by atoms with Gasteiger partial charge in [-0.1, -0.05) is 17.7 Å². The minimum absolute atomic E-state index is 0.00658. The maximum absolute atomic E-state index is 12.1. The van der Waals surface area contributed by atoms with Crippen molar-refractivity contribution in [3.63, 3.8) is 0 Å². The van der Waals surface area contributed by atoms with Crippen LogP contribution in [0.15, 0.2) is 35.3 Å². The van der Waals surface area contributed by atoms with E-state index in [2.05, 4.69) is 15.3 Å². The predicted octanol–water partition coefficient (Wildman–Crippen LogP) is 1.32. The Kier molecular flexibility index (Phi) is 5.46. The number of aromatic hydroxyl groups is 1. The van der Waals surface area contributed by atoms with E-state index < -0.39 is 0 Å². The Hall–Kier alpha value is -2.54. The van der Waals surface area contributed by atoms with Crippen molar-refractivity contribution in [1.82, 2.24) is 15.1 Å². The highest BCUT2D eigenvalue weighted by Crippen LogP contribution is 2.24. The first kappa shape index (κ1) is 18.3. The van der Waals surface area contributed by atoms with Crippen molar-refractivity contribution >= 4 is 23.2 Å². The summed E-state index contributed by atoms with van der Waals surface area (Å²) >= 11 is 5.86. The van der Waals surface area contributed by atoms with Gasteiger partial charge in [-0.05, 0) is 30.0 Å². The van der Waals surface area contributed by atoms with Crippen molar-refractivity contribution < 1.29 is 9.90 Å². The van der Waals surface area contributed by atoms with E-state index in [4.69, 9.17) is 11.6 Å². The van der Waals surface area contributed by atoms with Gasteiger partial charge in [0, 0.05) is 32.7 Å². The Morgan fingerprint density at radius 1 is 1.42 bits per heavy atom. The summed E-state index contributed by atoms with van der Waals surface area (Å²) in [5, 5.41) is 16.6. The minimum Gasteiger partial charge on any atom is -0.506 e. The highest BCUT2D eigenvalue weighted by atomic mass is 35.5. The Balaban J connectivity index is 1.49. The molecule has 138 valence electrons. The fraction of sp³-hybridized carbons (Fsp3) is 0.389. The van der Waals surface area contributed by atoms with Gasteiger partial charge in [-0.3, -0.25) is 9.59 Å². The van der Waals surface area contributed by atoms with E-state index in [1.54, 1.807) is 31.4 Å². The van der Waals surface area contributed by atoms with Crippen LogP contribution in [-0.4, -0.2) is 40.4 Å². The molecule has 1 saturated heterocycles. The number of nitrogens with zero attached hydrogens (tertiary/aromatic N) is 3. The third kappa shape index (κ3) is 4.35. The highest BCUT2D eigenvalue weighted by Gasteiger charge is 2.23. The van der Waals surface area contributed by atoms with Gasteiger partial charge in [0.15, 0.2) is 0 Å². The first-order valence-corrected chi connectivity index (χ1v) is 8.82. The number of phenols is 1. The van der Waals surface area contributed by atoms with Crippen molar-refractivity contribution in [3.8, 4) is 5.75 Å². The van der Waals surface area contributed by atoms with Gasteiger partial charge in [0.25, 0.3) is 5.56 Å². The largest absolute Gasteiger partial charge is 0.506 e. The van der Waals surface area contributed by atoms with E-state index >= 15 is 0 Å². The zero-order chi connectivity index (χ0) is 18.7. The molecule has 2 N–H and O–H groups in total. The van der Waals surface area contributed by atoms with E-state index in [1.165, 1.54) is 10.7 Å². The molecule has 2 heterocycles. The van der Waals surface area contributed by atoms with Gasteiger partial charge in [0.2, 0.25) is 5.91 Å². The summed E-state index contributed by atoms with van der Waals surface area (Å²) in [5.41, 5.74) is 1.44. The standard InChI is InChI=1S/C18H21ClN4O3/c1-22-18(26)8-14(10-21-22)23-5-4-13(11-23)9-20-17(25)7-12-2-3-16(24)15(19)6-12/h2-3,6,8,10,13,24H,4-5,7,9,11H2,1H3,(H,20,25)/t13-/m0/s1. The fourth-order valence-electron chi connectivity index (χ4n) is 3.03. The number of halogens is 1. The van der Waals surface area contributed by atoms with Gasteiger partial charge in [-0.25, -0.2) is 4.68 Å². The summed E-state index contributed by atoms with van der Waals surface area (Å²) in [4.78, 5) is 25.9. The Labute approximate surface area is 156 Å². The molecule has 1 atom stereocenters. The van der Waals surface area contributed by atoms with Gasteiger partial charge in [-0.15, -0.1) is 0 Å². The molecule has 1 aromatic heterocycles. The maximum atomic E-state index is 12.1. The molecule has 0 aliphatic carbocycles. The highest BCUT2D eigenvalue weighted by molar-refractivity contribution is 6.32. The number of anilines is 1. The molecule has 2 aromatic rings. The summed E-state index contributed by atoms with van der Waals surface area (Å²) in [5.74, 6) is 0.249. The number of carbonyl (C=O) groups excluding carboxylic acids is 1. The number of aryl methyl sites for hydroxylation is 1. The molecular weight excluding hydrogens is 356 g/mol. The number of amides is 1. The molecule has 3 rings (SSSR count). The Morgan fingerprint density at radius 2 is 2.23 bits per heavy atom. The van der Waals surface area contributed by atoms with Crippen LogP contribution in [-0.2, 0) is 18.3 Å². The molecule has 1 aliphatic rings. The van der Waals surface area contributed by atoms with Crippen LogP contribution >= 0.6 is 11.6 Å². The molecule has 1 aromatic carbocycles. The lowest BCUT2D eigenvalue weighted by atomic mass is 10.1. The number of rotatable bonds is 5. The topological polar surface area (TPSA) is 87.5 Å². The normalized spacial score (nSPS) is 16.7. The van der Waals surface area contributed by atoms with Crippen molar-refractivity contribution in [3.05, 3.63) is 51.4 Å². The van der Waals surface area contributed by atoms with E-state index in [9.17, 15) is 14.7 Å². The first-order chi connectivity index (χ1) is 12.4. The average molecular weight is 377 g/mol. The third-order valence-electron chi connectivity index (χ3n) is 4.57. The summed E-state index contributed by atoms with van der Waals surface area (Å²) in [7, 11) is 1.62. The fourth-order valence-corrected chi connectivity index (χ4v) is 3.24. The minimum atomic E-state index is -0.133.